The van der Waals surface area contributed by atoms with Gasteiger partial charge in [-0.3, -0.25) is 0 Å². The first-order valence-corrected chi connectivity index (χ1v) is 12.2. The van der Waals surface area contributed by atoms with Gasteiger partial charge in [0.2, 0.25) is 21.0 Å². The van der Waals surface area contributed by atoms with E-state index in [-0.39, 0.29) is 20.0 Å². The number of aryl methyl sites for hydroxylation is 2. The molecule has 10 radical (unpaired) electrons. The Morgan fingerprint density at radius 2 is 1.62 bits per heavy atom. The van der Waals surface area contributed by atoms with Crippen LogP contribution in [0.3, 0.4) is 0 Å². The monoisotopic (exact) mass is 448 g/mol. The van der Waals surface area contributed by atoms with Crippen LogP contribution >= 0.6 is 0 Å². The second-order valence-corrected chi connectivity index (χ2v) is 10.6. The van der Waals surface area contributed by atoms with Crippen LogP contribution in [0.15, 0.2) is 36.4 Å². The van der Waals surface area contributed by atoms with Crippen molar-refractivity contribution < 1.29 is 12.3 Å². The van der Waals surface area contributed by atoms with E-state index < -0.39 is 0 Å². The molecule has 0 aliphatic heterocycles. The van der Waals surface area contributed by atoms with Crippen molar-refractivity contribution in [1.29, 1.82) is 0 Å². The molecule has 29 heavy (non-hydrogen) atoms. The summed E-state index contributed by atoms with van der Waals surface area (Å²) >= 11 is 0. The molecule has 2 atom stereocenters. The lowest BCUT2D eigenvalue weighted by atomic mass is 9.75. The zero-order valence-electron chi connectivity index (χ0n) is 17.3. The minimum Gasteiger partial charge on any atom is -0.435 e. The number of fused-ring (bicyclic) bond motifs is 5. The van der Waals surface area contributed by atoms with Crippen molar-refractivity contribution in [3.63, 3.8) is 0 Å². The van der Waals surface area contributed by atoms with Crippen molar-refractivity contribution in [2.24, 2.45) is 5.92 Å². The highest BCUT2D eigenvalue weighted by Gasteiger charge is 2.24. The normalized spacial score (nSPS) is 18.4. The predicted octanol–water partition coefficient (Wildman–Crippen LogP) is 4.57. The molecule has 0 spiro atoms. The van der Waals surface area contributed by atoms with E-state index in [4.69, 9.17) is 0 Å². The molecular weight excluding hydrogens is 425 g/mol. The van der Waals surface area contributed by atoms with Crippen molar-refractivity contribution >= 4 is 62.5 Å². The molecule has 0 N–H and O–H groups in total. The van der Waals surface area contributed by atoms with Gasteiger partial charge in [0.15, 0.2) is 0 Å². The zero-order chi connectivity index (χ0) is 21.0. The van der Waals surface area contributed by atoms with E-state index in [9.17, 15) is 0 Å². The van der Waals surface area contributed by atoms with Crippen LogP contribution in [0.1, 0.15) is 48.4 Å². The van der Waals surface area contributed by atoms with Crippen molar-refractivity contribution in [3.8, 4) is 0 Å². The van der Waals surface area contributed by atoms with Gasteiger partial charge in [-0.1, -0.05) is 50.2 Å². The summed E-state index contributed by atoms with van der Waals surface area (Å²) in [6.07, 6.45) is 2.55. The van der Waals surface area contributed by atoms with Gasteiger partial charge in [0, 0.05) is 0 Å². The number of hydrogen-bond acceptors (Lipinski definition) is 3. The maximum atomic E-state index is 4.65. The highest BCUT2D eigenvalue weighted by molar-refractivity contribution is 6.40. The first-order chi connectivity index (χ1) is 14.0. The molecule has 0 fully saturated rings. The summed E-state index contributed by atoms with van der Waals surface area (Å²) in [4.78, 5) is 0. The van der Waals surface area contributed by atoms with Gasteiger partial charge in [-0.2, -0.15) is 0 Å². The third-order valence-corrected chi connectivity index (χ3v) is 7.06. The maximum absolute atomic E-state index is 4.65. The van der Waals surface area contributed by atoms with Crippen molar-refractivity contribution in [3.05, 3.63) is 58.7 Å². The van der Waals surface area contributed by atoms with Gasteiger partial charge in [-0.15, -0.1) is 0 Å². The summed E-state index contributed by atoms with van der Waals surface area (Å²) in [6, 6.07) is 13.9. The Bertz CT molecular complexity index is 989. The Morgan fingerprint density at radius 3 is 2.31 bits per heavy atom. The van der Waals surface area contributed by atoms with E-state index in [2.05, 4.69) is 97.4 Å². The number of benzene rings is 3. The standard InChI is InChI=1S/C22H24.O3Si4/c1-13-10-15(3)17-8-9-19-18-7-5-6-14(2)20(18)12-16(4)22(19)21(17)11-13;4-1-6-3-7-2-5/h5-9,12-13,15H,10-11H2,1-4H3;. The molecule has 3 aromatic rings. The third kappa shape index (κ3) is 4.99. The first-order valence-electron chi connectivity index (χ1n) is 9.73. The largest absolute Gasteiger partial charge is 0.435 e. The summed E-state index contributed by atoms with van der Waals surface area (Å²) in [5.74, 6) is 1.48. The topological polar surface area (TPSA) is 27.7 Å². The zero-order valence-corrected chi connectivity index (χ0v) is 21.3. The average Bonchev–Trinajstić information content (AvgIpc) is 2.69. The summed E-state index contributed by atoms with van der Waals surface area (Å²) < 4.78 is 13.4. The fourth-order valence-corrected chi connectivity index (χ4v) is 5.86. The van der Waals surface area contributed by atoms with Crippen LogP contribution in [-0.2, 0) is 18.8 Å². The second-order valence-electron chi connectivity index (χ2n) is 7.84. The Balaban J connectivity index is 0.000000298. The molecule has 1 aliphatic rings. The van der Waals surface area contributed by atoms with Gasteiger partial charge >= 0.3 is 20.0 Å². The maximum Gasteiger partial charge on any atom is 0.411 e. The average molecular weight is 449 g/mol. The molecule has 7 heteroatoms. The van der Waals surface area contributed by atoms with Crippen LogP contribution in [0, 0.1) is 19.8 Å². The molecule has 2 unspecified atom stereocenters. The molecular formula is C22H24O3Si4. The highest BCUT2D eigenvalue weighted by Crippen LogP contribution is 2.41. The van der Waals surface area contributed by atoms with E-state index in [0.29, 0.717) is 5.92 Å². The molecule has 0 saturated carbocycles. The van der Waals surface area contributed by atoms with Gasteiger partial charge in [-0.25, -0.2) is 0 Å². The minimum absolute atomic E-state index is 0.00849. The van der Waals surface area contributed by atoms with Gasteiger partial charge in [0.25, 0.3) is 0 Å². The van der Waals surface area contributed by atoms with Gasteiger partial charge in [0.05, 0.1) is 0 Å². The van der Waals surface area contributed by atoms with E-state index in [1.165, 1.54) is 45.5 Å². The van der Waals surface area contributed by atoms with Crippen molar-refractivity contribution in [2.75, 3.05) is 0 Å². The van der Waals surface area contributed by atoms with E-state index >= 15 is 0 Å². The number of hydrogen-bond donors (Lipinski definition) is 0. The smallest absolute Gasteiger partial charge is 0.411 e. The van der Waals surface area contributed by atoms with Crippen molar-refractivity contribution in [2.45, 2.75) is 46.5 Å². The lowest BCUT2D eigenvalue weighted by molar-refractivity contribution is 0.443. The molecule has 4 rings (SSSR count). The molecule has 0 heterocycles. The minimum atomic E-state index is -0.00849. The third-order valence-electron chi connectivity index (χ3n) is 5.72. The Labute approximate surface area is 185 Å². The van der Waals surface area contributed by atoms with E-state index in [1.54, 1.807) is 11.1 Å². The molecule has 0 amide bonds. The molecule has 3 nitrogen and oxygen atoms in total. The quantitative estimate of drug-likeness (QED) is 0.332. The fourth-order valence-electron chi connectivity index (χ4n) is 4.64. The van der Waals surface area contributed by atoms with E-state index in [0.717, 1.165) is 5.92 Å². The Kier molecular flexibility index (Phi) is 8.03. The van der Waals surface area contributed by atoms with E-state index in [1.807, 2.05) is 0 Å². The summed E-state index contributed by atoms with van der Waals surface area (Å²) in [5.41, 5.74) is 6.02. The molecule has 0 aromatic heterocycles. The SMILES string of the molecule is Cc1cccc2c1cc(C)c1c3c(ccc12)C(C)CC(C)C3.[Si]O[Si]O[Si]O[Si]. The van der Waals surface area contributed by atoms with Crippen LogP contribution in [0.4, 0.5) is 0 Å². The predicted molar refractivity (Wildman–Crippen MR) is 123 cm³/mol. The molecule has 0 saturated heterocycles. The summed E-state index contributed by atoms with van der Waals surface area (Å²) in [6.45, 7) is 9.30. The fraction of sp³-hybridized carbons (Fsp3) is 0.364. The Morgan fingerprint density at radius 1 is 0.897 bits per heavy atom. The lowest BCUT2D eigenvalue weighted by Crippen LogP contribution is -2.15. The number of rotatable bonds is 4. The summed E-state index contributed by atoms with van der Waals surface area (Å²) in [7, 11) is 5.47. The van der Waals surface area contributed by atoms with Crippen LogP contribution in [0.2, 0.25) is 0 Å². The van der Waals surface area contributed by atoms with Crippen LogP contribution in [-0.4, -0.2) is 41.0 Å². The summed E-state index contributed by atoms with van der Waals surface area (Å²) in [5, 5.41) is 5.78. The Hall–Kier alpha value is -1.07. The van der Waals surface area contributed by atoms with Gasteiger partial charge in [-0.05, 0) is 82.3 Å². The molecule has 0 bridgehead atoms. The highest BCUT2D eigenvalue weighted by atomic mass is 28.4. The van der Waals surface area contributed by atoms with Gasteiger partial charge < -0.3 is 12.3 Å². The van der Waals surface area contributed by atoms with Crippen LogP contribution in [0.25, 0.3) is 21.5 Å². The van der Waals surface area contributed by atoms with Crippen LogP contribution in [0.5, 0.6) is 0 Å². The van der Waals surface area contributed by atoms with Crippen molar-refractivity contribution in [1.82, 2.24) is 0 Å². The molecule has 146 valence electrons. The van der Waals surface area contributed by atoms with Crippen LogP contribution < -0.4 is 0 Å². The molecule has 3 aromatic carbocycles. The lowest BCUT2D eigenvalue weighted by Gasteiger charge is -2.29. The first kappa shape index (κ1) is 22.6. The second kappa shape index (κ2) is 10.3. The van der Waals surface area contributed by atoms with Gasteiger partial charge in [0.1, 0.15) is 0 Å². The molecule has 1 aliphatic carbocycles.